The molecule has 1 aromatic heterocycles. The number of guanidine groups is 1. The van der Waals surface area contributed by atoms with Crippen molar-refractivity contribution in [2.45, 2.75) is 19.9 Å². The Morgan fingerprint density at radius 3 is 2.52 bits per heavy atom. The SMILES string of the molecule is CCNC(=NCc1nncn1-c1ccccc1)N1CC=C(c2ccccc2)CC1. The first-order valence-electron chi connectivity index (χ1n) is 10.1. The van der Waals surface area contributed by atoms with Crippen LogP contribution in [0.4, 0.5) is 0 Å². The van der Waals surface area contributed by atoms with Gasteiger partial charge in [-0.15, -0.1) is 10.2 Å². The van der Waals surface area contributed by atoms with Gasteiger partial charge in [-0.05, 0) is 36.6 Å². The van der Waals surface area contributed by atoms with Crippen LogP contribution in [0.15, 0.2) is 78.1 Å². The van der Waals surface area contributed by atoms with Gasteiger partial charge in [0.1, 0.15) is 12.9 Å². The Bertz CT molecular complexity index is 975. The van der Waals surface area contributed by atoms with Gasteiger partial charge >= 0.3 is 0 Å². The lowest BCUT2D eigenvalue weighted by atomic mass is 10.00. The van der Waals surface area contributed by atoms with Crippen LogP contribution in [-0.4, -0.2) is 45.3 Å². The summed E-state index contributed by atoms with van der Waals surface area (Å²) in [5.41, 5.74) is 3.76. The van der Waals surface area contributed by atoms with Crippen molar-refractivity contribution in [3.63, 3.8) is 0 Å². The molecule has 0 amide bonds. The Morgan fingerprint density at radius 1 is 1.07 bits per heavy atom. The summed E-state index contributed by atoms with van der Waals surface area (Å²) in [4.78, 5) is 7.13. The summed E-state index contributed by atoms with van der Waals surface area (Å²) in [5.74, 6) is 1.74. The first-order valence-corrected chi connectivity index (χ1v) is 10.1. The first kappa shape index (κ1) is 18.9. The number of nitrogens with zero attached hydrogens (tertiary/aromatic N) is 5. The van der Waals surface area contributed by atoms with Gasteiger partial charge in [0.15, 0.2) is 11.8 Å². The minimum absolute atomic E-state index is 0.475. The normalized spacial score (nSPS) is 14.6. The van der Waals surface area contributed by atoms with Crippen molar-refractivity contribution in [1.29, 1.82) is 0 Å². The van der Waals surface area contributed by atoms with E-state index in [1.165, 1.54) is 11.1 Å². The smallest absolute Gasteiger partial charge is 0.194 e. The average molecular weight is 387 g/mol. The van der Waals surface area contributed by atoms with Crippen LogP contribution < -0.4 is 5.32 Å². The van der Waals surface area contributed by atoms with Gasteiger partial charge in [-0.1, -0.05) is 54.6 Å². The van der Waals surface area contributed by atoms with Gasteiger partial charge in [-0.2, -0.15) is 0 Å². The highest BCUT2D eigenvalue weighted by atomic mass is 15.3. The average Bonchev–Trinajstić information content (AvgIpc) is 3.27. The Balaban J connectivity index is 1.49. The second-order valence-corrected chi connectivity index (χ2v) is 6.91. The van der Waals surface area contributed by atoms with E-state index in [1.54, 1.807) is 6.33 Å². The molecular weight excluding hydrogens is 360 g/mol. The highest BCUT2D eigenvalue weighted by Gasteiger charge is 2.16. The second-order valence-electron chi connectivity index (χ2n) is 6.91. The maximum atomic E-state index is 4.84. The standard InChI is InChI=1S/C23H26N6/c1-2-24-23(28-15-13-20(14-16-28)19-9-5-3-6-10-19)25-17-22-27-26-18-29(22)21-11-7-4-8-12-21/h3-13,18H,2,14-17H2,1H3,(H,24,25). The third-order valence-corrected chi connectivity index (χ3v) is 5.01. The third-order valence-electron chi connectivity index (χ3n) is 5.01. The fourth-order valence-electron chi connectivity index (χ4n) is 3.52. The fraction of sp³-hybridized carbons (Fsp3) is 0.261. The number of rotatable bonds is 5. The van der Waals surface area contributed by atoms with E-state index in [2.05, 4.69) is 63.7 Å². The van der Waals surface area contributed by atoms with E-state index in [9.17, 15) is 0 Å². The van der Waals surface area contributed by atoms with E-state index >= 15 is 0 Å². The molecule has 0 saturated carbocycles. The van der Waals surface area contributed by atoms with E-state index in [0.717, 1.165) is 43.5 Å². The summed E-state index contributed by atoms with van der Waals surface area (Å²) in [7, 11) is 0. The van der Waals surface area contributed by atoms with Crippen molar-refractivity contribution in [3.8, 4) is 5.69 Å². The summed E-state index contributed by atoms with van der Waals surface area (Å²) in [5, 5.41) is 11.8. The van der Waals surface area contributed by atoms with Crippen LogP contribution in [0.2, 0.25) is 0 Å². The molecule has 1 N–H and O–H groups in total. The van der Waals surface area contributed by atoms with Crippen molar-refractivity contribution in [2.24, 2.45) is 4.99 Å². The molecule has 0 fully saturated rings. The van der Waals surface area contributed by atoms with Crippen LogP contribution in [-0.2, 0) is 6.54 Å². The highest BCUT2D eigenvalue weighted by Crippen LogP contribution is 2.22. The molecule has 1 aliphatic rings. The minimum atomic E-state index is 0.475. The summed E-state index contributed by atoms with van der Waals surface area (Å²) >= 11 is 0. The molecule has 1 aliphatic heterocycles. The Hall–Kier alpha value is -3.41. The fourth-order valence-corrected chi connectivity index (χ4v) is 3.52. The van der Waals surface area contributed by atoms with Crippen molar-refractivity contribution in [3.05, 3.63) is 84.5 Å². The summed E-state index contributed by atoms with van der Waals surface area (Å²) in [6.07, 6.45) is 5.05. The molecular formula is C23H26N6. The molecule has 6 nitrogen and oxygen atoms in total. The third kappa shape index (κ3) is 4.54. The van der Waals surface area contributed by atoms with Crippen LogP contribution in [0.25, 0.3) is 11.3 Å². The lowest BCUT2D eigenvalue weighted by Crippen LogP contribution is -2.43. The Kier molecular flexibility index (Phi) is 6.00. The molecule has 2 heterocycles. The molecule has 6 heteroatoms. The van der Waals surface area contributed by atoms with E-state index in [1.807, 2.05) is 34.9 Å². The molecule has 0 spiro atoms. The van der Waals surface area contributed by atoms with Gasteiger partial charge in [-0.25, -0.2) is 4.99 Å². The molecule has 2 aromatic carbocycles. The van der Waals surface area contributed by atoms with E-state index in [0.29, 0.717) is 6.54 Å². The maximum Gasteiger partial charge on any atom is 0.194 e. The summed E-state index contributed by atoms with van der Waals surface area (Å²) in [6, 6.07) is 20.7. The first-order chi connectivity index (χ1) is 14.3. The number of benzene rings is 2. The number of hydrogen-bond donors (Lipinski definition) is 1. The van der Waals surface area contributed by atoms with E-state index in [4.69, 9.17) is 4.99 Å². The molecule has 3 aromatic rings. The zero-order valence-electron chi connectivity index (χ0n) is 16.7. The van der Waals surface area contributed by atoms with Gasteiger partial charge in [0.2, 0.25) is 0 Å². The highest BCUT2D eigenvalue weighted by molar-refractivity contribution is 5.81. The molecule has 0 radical (unpaired) electrons. The predicted octanol–water partition coefficient (Wildman–Crippen LogP) is 3.52. The quantitative estimate of drug-likeness (QED) is 0.538. The molecule has 0 bridgehead atoms. The van der Waals surface area contributed by atoms with Crippen LogP contribution >= 0.6 is 0 Å². The van der Waals surface area contributed by atoms with E-state index in [-0.39, 0.29) is 0 Å². The molecule has 0 aliphatic carbocycles. The molecule has 0 unspecified atom stereocenters. The summed E-state index contributed by atoms with van der Waals surface area (Å²) < 4.78 is 1.98. The van der Waals surface area contributed by atoms with Gasteiger partial charge < -0.3 is 10.2 Å². The van der Waals surface area contributed by atoms with Crippen LogP contribution in [0, 0.1) is 0 Å². The number of aliphatic imine (C=N–C) groups is 1. The largest absolute Gasteiger partial charge is 0.356 e. The Labute approximate surface area is 171 Å². The molecule has 0 saturated heterocycles. The van der Waals surface area contributed by atoms with Crippen LogP contribution in [0.1, 0.15) is 24.7 Å². The predicted molar refractivity (Wildman–Crippen MR) is 117 cm³/mol. The lowest BCUT2D eigenvalue weighted by Gasteiger charge is -2.29. The van der Waals surface area contributed by atoms with Crippen molar-refractivity contribution >= 4 is 11.5 Å². The van der Waals surface area contributed by atoms with Crippen LogP contribution in [0.5, 0.6) is 0 Å². The molecule has 4 rings (SSSR count). The van der Waals surface area contributed by atoms with Crippen molar-refractivity contribution in [2.75, 3.05) is 19.6 Å². The van der Waals surface area contributed by atoms with Crippen LogP contribution in [0.3, 0.4) is 0 Å². The monoisotopic (exact) mass is 386 g/mol. The topological polar surface area (TPSA) is 58.3 Å². The summed E-state index contributed by atoms with van der Waals surface area (Å²) in [6.45, 7) is 5.19. The van der Waals surface area contributed by atoms with Gasteiger partial charge in [-0.3, -0.25) is 4.57 Å². The minimum Gasteiger partial charge on any atom is -0.356 e. The number of aromatic nitrogens is 3. The van der Waals surface area contributed by atoms with Crippen molar-refractivity contribution in [1.82, 2.24) is 25.0 Å². The van der Waals surface area contributed by atoms with Gasteiger partial charge in [0.05, 0.1) is 0 Å². The van der Waals surface area contributed by atoms with E-state index < -0.39 is 0 Å². The number of nitrogens with one attached hydrogen (secondary N) is 1. The molecule has 0 atom stereocenters. The number of para-hydroxylation sites is 1. The Morgan fingerprint density at radius 2 is 1.83 bits per heavy atom. The van der Waals surface area contributed by atoms with Gasteiger partial charge in [0.25, 0.3) is 0 Å². The zero-order valence-corrected chi connectivity index (χ0v) is 16.7. The zero-order chi connectivity index (χ0) is 19.9. The lowest BCUT2D eigenvalue weighted by molar-refractivity contribution is 0.439. The second kappa shape index (κ2) is 9.19. The van der Waals surface area contributed by atoms with Crippen molar-refractivity contribution < 1.29 is 0 Å². The number of hydrogen-bond acceptors (Lipinski definition) is 3. The maximum absolute atomic E-state index is 4.84. The molecule has 29 heavy (non-hydrogen) atoms. The van der Waals surface area contributed by atoms with Gasteiger partial charge in [0, 0.05) is 25.3 Å². The molecule has 148 valence electrons.